The number of nitrogens with zero attached hydrogens (tertiary/aromatic N) is 1. The van der Waals surface area contributed by atoms with Crippen molar-refractivity contribution in [3.05, 3.63) is 25.9 Å². The molecule has 0 radical (unpaired) electrons. The fourth-order valence-corrected chi connectivity index (χ4v) is 2.17. The molecule has 13 heavy (non-hydrogen) atoms. The van der Waals surface area contributed by atoms with Crippen LogP contribution < -0.4 is 0 Å². The van der Waals surface area contributed by atoms with E-state index in [0.29, 0.717) is 10.2 Å². The Hall–Kier alpha value is 0.0300. The van der Waals surface area contributed by atoms with Crippen LogP contribution >= 0.6 is 31.9 Å². The summed E-state index contributed by atoms with van der Waals surface area (Å²) < 4.78 is 1.28. The van der Waals surface area contributed by atoms with E-state index in [9.17, 15) is 0 Å². The largest absolute Gasteiger partial charge is 0.364 e. The first-order chi connectivity index (χ1) is 5.95. The molecule has 5 heteroatoms. The molecule has 0 fully saturated rings. The van der Waals surface area contributed by atoms with Crippen molar-refractivity contribution in [2.75, 3.05) is 0 Å². The number of aryl methyl sites for hydroxylation is 1. The zero-order valence-corrected chi connectivity index (χ0v) is 10.3. The van der Waals surface area contributed by atoms with Gasteiger partial charge in [0.15, 0.2) is 6.29 Å². The molecular formula is C8H9Br2NO2. The maximum absolute atomic E-state index is 9.07. The van der Waals surface area contributed by atoms with Crippen molar-refractivity contribution in [3.8, 4) is 0 Å². The molecule has 0 aliphatic heterocycles. The molecule has 1 rings (SSSR count). The lowest BCUT2D eigenvalue weighted by molar-refractivity contribution is -0.0438. The zero-order chi connectivity index (χ0) is 10.2. The molecule has 72 valence electrons. The first-order valence-electron chi connectivity index (χ1n) is 3.63. The van der Waals surface area contributed by atoms with Crippen molar-refractivity contribution in [1.29, 1.82) is 0 Å². The van der Waals surface area contributed by atoms with E-state index in [1.807, 2.05) is 6.92 Å². The summed E-state index contributed by atoms with van der Waals surface area (Å²) in [5, 5.41) is 18.1. The summed E-state index contributed by atoms with van der Waals surface area (Å²) in [6.45, 7) is 3.65. The van der Waals surface area contributed by atoms with Crippen LogP contribution in [-0.2, 0) is 0 Å². The van der Waals surface area contributed by atoms with Gasteiger partial charge in [0, 0.05) is 10.0 Å². The van der Waals surface area contributed by atoms with Crippen LogP contribution in [0, 0.1) is 13.8 Å². The maximum atomic E-state index is 9.07. The summed E-state index contributed by atoms with van der Waals surface area (Å²) in [5.74, 6) is 0. The van der Waals surface area contributed by atoms with Crippen LogP contribution in [0.1, 0.15) is 23.1 Å². The lowest BCUT2D eigenvalue weighted by Crippen LogP contribution is -2.03. The highest BCUT2D eigenvalue weighted by Gasteiger charge is 2.16. The highest BCUT2D eigenvalue weighted by molar-refractivity contribution is 9.11. The first-order valence-corrected chi connectivity index (χ1v) is 5.22. The van der Waals surface area contributed by atoms with Crippen molar-refractivity contribution < 1.29 is 10.2 Å². The molecule has 1 aromatic heterocycles. The second-order valence-electron chi connectivity index (χ2n) is 2.71. The second-order valence-corrected chi connectivity index (χ2v) is 4.26. The van der Waals surface area contributed by atoms with Gasteiger partial charge in [-0.15, -0.1) is 0 Å². The van der Waals surface area contributed by atoms with Gasteiger partial charge in [0.1, 0.15) is 4.60 Å². The van der Waals surface area contributed by atoms with Crippen LogP contribution in [0.5, 0.6) is 0 Å². The van der Waals surface area contributed by atoms with Crippen molar-refractivity contribution in [3.63, 3.8) is 0 Å². The molecule has 1 aromatic rings. The number of pyridine rings is 1. The van der Waals surface area contributed by atoms with Gasteiger partial charge in [-0.3, -0.25) is 0 Å². The minimum atomic E-state index is -1.50. The van der Waals surface area contributed by atoms with Gasteiger partial charge in [-0.05, 0) is 51.3 Å². The lowest BCUT2D eigenvalue weighted by Gasteiger charge is -2.12. The molecule has 0 amide bonds. The molecule has 0 aliphatic carbocycles. The summed E-state index contributed by atoms with van der Waals surface area (Å²) in [6, 6.07) is 0. The van der Waals surface area contributed by atoms with E-state index in [4.69, 9.17) is 10.2 Å². The molecule has 0 atom stereocenters. The van der Waals surface area contributed by atoms with Crippen molar-refractivity contribution in [2.45, 2.75) is 20.1 Å². The second kappa shape index (κ2) is 4.04. The highest BCUT2D eigenvalue weighted by atomic mass is 79.9. The third-order valence-electron chi connectivity index (χ3n) is 1.80. The Morgan fingerprint density at radius 3 is 2.23 bits per heavy atom. The van der Waals surface area contributed by atoms with E-state index in [-0.39, 0.29) is 0 Å². The fraction of sp³-hybridized carbons (Fsp3) is 0.375. The highest BCUT2D eigenvalue weighted by Crippen LogP contribution is 2.30. The van der Waals surface area contributed by atoms with Gasteiger partial charge < -0.3 is 10.2 Å². The fourth-order valence-electron chi connectivity index (χ4n) is 1.10. The van der Waals surface area contributed by atoms with Crippen LogP contribution in [0.15, 0.2) is 9.08 Å². The van der Waals surface area contributed by atoms with Gasteiger partial charge in [0.05, 0.1) is 5.69 Å². The van der Waals surface area contributed by atoms with Crippen molar-refractivity contribution in [1.82, 2.24) is 4.98 Å². The lowest BCUT2D eigenvalue weighted by atomic mass is 10.1. The van der Waals surface area contributed by atoms with E-state index in [1.165, 1.54) is 0 Å². The van der Waals surface area contributed by atoms with Crippen LogP contribution in [0.4, 0.5) is 0 Å². The smallest absolute Gasteiger partial charge is 0.181 e. The SMILES string of the molecule is Cc1nc(Br)c(C(O)O)c(C)c1Br. The van der Waals surface area contributed by atoms with Gasteiger partial charge in [0.25, 0.3) is 0 Å². The van der Waals surface area contributed by atoms with E-state index < -0.39 is 6.29 Å². The molecule has 0 aliphatic rings. The molecule has 0 saturated carbocycles. The molecule has 0 aromatic carbocycles. The average Bonchev–Trinajstić information content (AvgIpc) is 1.99. The predicted molar refractivity (Wildman–Crippen MR) is 56.3 cm³/mol. The molecule has 3 nitrogen and oxygen atoms in total. The van der Waals surface area contributed by atoms with Gasteiger partial charge in [-0.2, -0.15) is 0 Å². The molecular weight excluding hydrogens is 302 g/mol. The molecule has 0 bridgehead atoms. The Bertz CT molecular complexity index is 339. The standard InChI is InChI=1S/C8H9Br2NO2/c1-3-5(8(12)13)7(10)11-4(2)6(3)9/h8,12-13H,1-2H3. The number of aromatic nitrogens is 1. The summed E-state index contributed by atoms with van der Waals surface area (Å²) in [6.07, 6.45) is -1.50. The third kappa shape index (κ3) is 2.10. The quantitative estimate of drug-likeness (QED) is 0.617. The van der Waals surface area contributed by atoms with Gasteiger partial charge in [-0.25, -0.2) is 4.98 Å². The van der Waals surface area contributed by atoms with Gasteiger partial charge >= 0.3 is 0 Å². The topological polar surface area (TPSA) is 53.4 Å². The van der Waals surface area contributed by atoms with Gasteiger partial charge in [0.2, 0.25) is 0 Å². The maximum Gasteiger partial charge on any atom is 0.181 e. The predicted octanol–water partition coefficient (Wildman–Crippen LogP) is 2.21. The Balaban J connectivity index is 3.44. The zero-order valence-electron chi connectivity index (χ0n) is 7.17. The summed E-state index contributed by atoms with van der Waals surface area (Å²) in [5.41, 5.74) is 2.00. The van der Waals surface area contributed by atoms with Crippen LogP contribution in [0.3, 0.4) is 0 Å². The minimum Gasteiger partial charge on any atom is -0.364 e. The van der Waals surface area contributed by atoms with E-state index in [1.54, 1.807) is 6.92 Å². The number of hydrogen-bond acceptors (Lipinski definition) is 3. The van der Waals surface area contributed by atoms with Crippen molar-refractivity contribution >= 4 is 31.9 Å². The average molecular weight is 311 g/mol. The monoisotopic (exact) mass is 309 g/mol. The molecule has 0 spiro atoms. The number of rotatable bonds is 1. The first kappa shape index (κ1) is 11.1. The normalized spacial score (nSPS) is 11.0. The number of hydrogen-bond donors (Lipinski definition) is 2. The van der Waals surface area contributed by atoms with Crippen LogP contribution in [-0.4, -0.2) is 15.2 Å². The molecule has 0 unspecified atom stereocenters. The van der Waals surface area contributed by atoms with Crippen LogP contribution in [0.25, 0.3) is 0 Å². The third-order valence-corrected chi connectivity index (χ3v) is 3.57. The number of aliphatic hydroxyl groups excluding tert-OH is 1. The Morgan fingerprint density at radius 1 is 1.23 bits per heavy atom. The minimum absolute atomic E-state index is 0.400. The molecule has 1 heterocycles. The summed E-state index contributed by atoms with van der Waals surface area (Å²) in [4.78, 5) is 4.10. The van der Waals surface area contributed by atoms with Gasteiger partial charge in [-0.1, -0.05) is 0 Å². The number of aliphatic hydroxyl groups is 2. The molecule has 2 N–H and O–H groups in total. The number of halogens is 2. The Morgan fingerprint density at radius 2 is 1.77 bits per heavy atom. The van der Waals surface area contributed by atoms with E-state index in [2.05, 4.69) is 36.8 Å². The summed E-state index contributed by atoms with van der Waals surface area (Å²) >= 11 is 6.51. The van der Waals surface area contributed by atoms with E-state index in [0.717, 1.165) is 15.7 Å². The molecule has 0 saturated heterocycles. The van der Waals surface area contributed by atoms with E-state index >= 15 is 0 Å². The Labute approximate surface area is 93.1 Å². The Kier molecular flexibility index (Phi) is 3.45. The van der Waals surface area contributed by atoms with Crippen LogP contribution in [0.2, 0.25) is 0 Å². The summed E-state index contributed by atoms with van der Waals surface area (Å²) in [7, 11) is 0. The van der Waals surface area contributed by atoms with Crippen molar-refractivity contribution in [2.24, 2.45) is 0 Å².